The van der Waals surface area contributed by atoms with Gasteiger partial charge in [-0.1, -0.05) is 6.42 Å². The van der Waals surface area contributed by atoms with Crippen molar-refractivity contribution >= 4 is 27.5 Å². The Bertz CT molecular complexity index is 513. The lowest BCUT2D eigenvalue weighted by Gasteiger charge is -2.21. The van der Waals surface area contributed by atoms with Gasteiger partial charge in [-0.15, -0.1) is 0 Å². The molecule has 0 spiro atoms. The molecule has 2 heterocycles. The lowest BCUT2D eigenvalue weighted by Crippen LogP contribution is -2.32. The standard InChI is InChI=1S/C12H19N3O2S2/c1-13-11-6-4-7-14-12(11)19(16,17)15-9-10-5-2-3-8-18-10/h4,6-7,10,13,15H,2-3,5,8-9H2,1H3. The summed E-state index contributed by atoms with van der Waals surface area (Å²) < 4.78 is 27.1. The Kier molecular flexibility index (Phi) is 5.06. The molecule has 0 amide bonds. The van der Waals surface area contributed by atoms with Crippen molar-refractivity contribution in [3.8, 4) is 0 Å². The van der Waals surface area contributed by atoms with Crippen LogP contribution in [0.4, 0.5) is 5.69 Å². The van der Waals surface area contributed by atoms with Gasteiger partial charge in [0, 0.05) is 25.0 Å². The van der Waals surface area contributed by atoms with Crippen LogP contribution < -0.4 is 10.0 Å². The second kappa shape index (κ2) is 6.58. The molecule has 106 valence electrons. The van der Waals surface area contributed by atoms with E-state index < -0.39 is 10.0 Å². The summed E-state index contributed by atoms with van der Waals surface area (Å²) in [5.74, 6) is 1.12. The smallest absolute Gasteiger partial charge is 0.260 e. The molecule has 1 saturated heterocycles. The number of thioether (sulfide) groups is 1. The number of pyridine rings is 1. The van der Waals surface area contributed by atoms with Gasteiger partial charge < -0.3 is 5.32 Å². The van der Waals surface area contributed by atoms with Crippen LogP contribution in [-0.2, 0) is 10.0 Å². The average Bonchev–Trinajstić information content (AvgIpc) is 2.46. The number of anilines is 1. The largest absolute Gasteiger partial charge is 0.386 e. The molecule has 1 unspecified atom stereocenters. The fraction of sp³-hybridized carbons (Fsp3) is 0.583. The molecule has 2 rings (SSSR count). The van der Waals surface area contributed by atoms with Gasteiger partial charge in [-0.05, 0) is 30.7 Å². The van der Waals surface area contributed by atoms with Crippen molar-refractivity contribution in [2.75, 3.05) is 24.7 Å². The summed E-state index contributed by atoms with van der Waals surface area (Å²) in [6, 6.07) is 3.42. The van der Waals surface area contributed by atoms with E-state index in [1.165, 1.54) is 19.0 Å². The fourth-order valence-electron chi connectivity index (χ4n) is 2.03. The Balaban J connectivity index is 2.05. The van der Waals surface area contributed by atoms with E-state index in [9.17, 15) is 8.42 Å². The Hall–Kier alpha value is -0.790. The third kappa shape index (κ3) is 3.84. The van der Waals surface area contributed by atoms with E-state index in [4.69, 9.17) is 0 Å². The van der Waals surface area contributed by atoms with Crippen LogP contribution in [0.2, 0.25) is 0 Å². The number of rotatable bonds is 5. The molecule has 0 saturated carbocycles. The molecule has 1 fully saturated rings. The first-order chi connectivity index (χ1) is 9.13. The molecule has 7 heteroatoms. The van der Waals surface area contributed by atoms with E-state index in [1.54, 1.807) is 19.2 Å². The number of aromatic nitrogens is 1. The fourth-order valence-corrected chi connectivity index (χ4v) is 4.60. The molecule has 0 bridgehead atoms. The molecule has 1 aliphatic heterocycles. The Morgan fingerprint density at radius 2 is 2.32 bits per heavy atom. The van der Waals surface area contributed by atoms with Gasteiger partial charge in [0.15, 0.2) is 5.03 Å². The highest BCUT2D eigenvalue weighted by molar-refractivity contribution is 8.00. The molecule has 0 aliphatic carbocycles. The summed E-state index contributed by atoms with van der Waals surface area (Å²) in [4.78, 5) is 3.97. The summed E-state index contributed by atoms with van der Waals surface area (Å²) in [5.41, 5.74) is 0.520. The summed E-state index contributed by atoms with van der Waals surface area (Å²) in [6.07, 6.45) is 4.99. The Morgan fingerprint density at radius 1 is 1.47 bits per heavy atom. The number of nitrogens with zero attached hydrogens (tertiary/aromatic N) is 1. The maximum Gasteiger partial charge on any atom is 0.260 e. The molecule has 1 aliphatic rings. The first kappa shape index (κ1) is 14.6. The van der Waals surface area contributed by atoms with Crippen molar-refractivity contribution in [1.82, 2.24) is 9.71 Å². The van der Waals surface area contributed by atoms with Gasteiger partial charge in [0.25, 0.3) is 10.0 Å². The third-order valence-corrected chi connectivity index (χ3v) is 5.85. The summed E-state index contributed by atoms with van der Waals surface area (Å²) >= 11 is 1.85. The lowest BCUT2D eigenvalue weighted by molar-refractivity contribution is 0.570. The van der Waals surface area contributed by atoms with E-state index in [1.807, 2.05) is 11.8 Å². The van der Waals surface area contributed by atoms with E-state index in [0.29, 0.717) is 17.5 Å². The first-order valence-electron chi connectivity index (χ1n) is 6.37. The van der Waals surface area contributed by atoms with E-state index in [-0.39, 0.29) is 5.03 Å². The van der Waals surface area contributed by atoms with Crippen LogP contribution >= 0.6 is 11.8 Å². The Morgan fingerprint density at radius 3 is 3.00 bits per heavy atom. The molecule has 2 N–H and O–H groups in total. The minimum absolute atomic E-state index is 0.0679. The van der Waals surface area contributed by atoms with E-state index in [2.05, 4.69) is 15.0 Å². The second-order valence-electron chi connectivity index (χ2n) is 4.45. The molecule has 0 radical (unpaired) electrons. The van der Waals surface area contributed by atoms with Crippen molar-refractivity contribution in [1.29, 1.82) is 0 Å². The van der Waals surface area contributed by atoms with Gasteiger partial charge in [0.2, 0.25) is 0 Å². The molecular weight excluding hydrogens is 282 g/mol. The zero-order chi connectivity index (χ0) is 13.7. The van der Waals surface area contributed by atoms with Crippen LogP contribution in [-0.4, -0.2) is 38.0 Å². The first-order valence-corrected chi connectivity index (χ1v) is 8.91. The molecule has 1 aromatic rings. The number of nitrogens with one attached hydrogen (secondary N) is 2. The van der Waals surface area contributed by atoms with E-state index >= 15 is 0 Å². The zero-order valence-electron chi connectivity index (χ0n) is 10.9. The highest BCUT2D eigenvalue weighted by Crippen LogP contribution is 2.25. The Labute approximate surface area is 118 Å². The maximum absolute atomic E-state index is 12.2. The van der Waals surface area contributed by atoms with Gasteiger partial charge in [-0.25, -0.2) is 18.1 Å². The molecular formula is C12H19N3O2S2. The minimum atomic E-state index is -3.54. The maximum atomic E-state index is 12.2. The molecule has 1 aromatic heterocycles. The van der Waals surface area contributed by atoms with Crippen LogP contribution in [0.5, 0.6) is 0 Å². The van der Waals surface area contributed by atoms with Crippen molar-refractivity contribution in [3.63, 3.8) is 0 Å². The van der Waals surface area contributed by atoms with Gasteiger partial charge in [0.05, 0.1) is 5.69 Å². The average molecular weight is 301 g/mol. The molecule has 1 atom stereocenters. The molecule has 19 heavy (non-hydrogen) atoms. The highest BCUT2D eigenvalue weighted by Gasteiger charge is 2.22. The van der Waals surface area contributed by atoms with Crippen LogP contribution in [0.1, 0.15) is 19.3 Å². The van der Waals surface area contributed by atoms with Crippen LogP contribution in [0.25, 0.3) is 0 Å². The SMILES string of the molecule is CNc1cccnc1S(=O)(=O)NCC1CCCCS1. The zero-order valence-corrected chi connectivity index (χ0v) is 12.6. The quantitative estimate of drug-likeness (QED) is 0.866. The topological polar surface area (TPSA) is 71.1 Å². The highest BCUT2D eigenvalue weighted by atomic mass is 32.2. The normalized spacial score (nSPS) is 20.2. The lowest BCUT2D eigenvalue weighted by atomic mass is 10.2. The monoisotopic (exact) mass is 301 g/mol. The van der Waals surface area contributed by atoms with Crippen LogP contribution in [0.15, 0.2) is 23.4 Å². The predicted octanol–water partition coefficient (Wildman–Crippen LogP) is 1.69. The van der Waals surface area contributed by atoms with Crippen LogP contribution in [0.3, 0.4) is 0 Å². The van der Waals surface area contributed by atoms with Crippen LogP contribution in [0, 0.1) is 0 Å². The van der Waals surface area contributed by atoms with Crippen molar-refractivity contribution in [2.45, 2.75) is 29.5 Å². The van der Waals surface area contributed by atoms with Crippen molar-refractivity contribution in [2.24, 2.45) is 0 Å². The van der Waals surface area contributed by atoms with Gasteiger partial charge in [-0.3, -0.25) is 0 Å². The number of hydrogen-bond donors (Lipinski definition) is 2. The minimum Gasteiger partial charge on any atom is -0.386 e. The second-order valence-corrected chi connectivity index (χ2v) is 7.54. The van der Waals surface area contributed by atoms with Crippen molar-refractivity contribution in [3.05, 3.63) is 18.3 Å². The van der Waals surface area contributed by atoms with E-state index in [0.717, 1.165) is 12.2 Å². The summed E-state index contributed by atoms with van der Waals surface area (Å²) in [6.45, 7) is 0.479. The third-order valence-electron chi connectivity index (χ3n) is 3.07. The number of hydrogen-bond acceptors (Lipinski definition) is 5. The summed E-state index contributed by atoms with van der Waals surface area (Å²) in [7, 11) is -1.85. The van der Waals surface area contributed by atoms with Crippen molar-refractivity contribution < 1.29 is 8.42 Å². The molecule has 0 aromatic carbocycles. The van der Waals surface area contributed by atoms with Gasteiger partial charge in [0.1, 0.15) is 0 Å². The van der Waals surface area contributed by atoms with Gasteiger partial charge >= 0.3 is 0 Å². The molecule has 5 nitrogen and oxygen atoms in total. The summed E-state index contributed by atoms with van der Waals surface area (Å²) in [5, 5.41) is 3.30. The predicted molar refractivity (Wildman–Crippen MR) is 79.1 cm³/mol. The van der Waals surface area contributed by atoms with Gasteiger partial charge in [-0.2, -0.15) is 11.8 Å². The number of sulfonamides is 1.